The first-order valence-corrected chi connectivity index (χ1v) is 7.19. The molecule has 1 aromatic carbocycles. The molecule has 0 bridgehead atoms. The van der Waals surface area contributed by atoms with E-state index in [1.165, 1.54) is 50.8 Å². The topological polar surface area (TPSA) is 4.44 Å². The Bertz CT molecular complexity index is 364. The van der Waals surface area contributed by atoms with E-state index < -0.39 is 0 Å². The molecule has 1 aromatic rings. The molecule has 1 saturated heterocycles. The van der Waals surface area contributed by atoms with Crippen LogP contribution in [0.4, 0.5) is 0 Å². The highest BCUT2D eigenvalue weighted by molar-refractivity contribution is 5.13. The van der Waals surface area contributed by atoms with Gasteiger partial charge in [-0.05, 0) is 19.8 Å². The fourth-order valence-electron chi connectivity index (χ4n) is 4.00. The molecule has 1 aliphatic carbocycles. The monoisotopic (exact) mass is 230 g/mol. The van der Waals surface area contributed by atoms with E-state index in [2.05, 4.69) is 37.3 Å². The van der Waals surface area contributed by atoms with Gasteiger partial charge >= 0.3 is 0 Å². The molecule has 17 heavy (non-hydrogen) atoms. The van der Waals surface area contributed by atoms with Crippen LogP contribution in [0.2, 0.25) is 0 Å². The summed E-state index contributed by atoms with van der Waals surface area (Å²) < 4.78 is 0. The fourth-order valence-corrected chi connectivity index (χ4v) is 4.00. The zero-order chi connectivity index (χ0) is 11.7. The van der Waals surface area contributed by atoms with Crippen molar-refractivity contribution in [1.29, 1.82) is 0 Å². The molecule has 1 aliphatic heterocycles. The van der Waals surface area contributed by atoms with E-state index in [4.69, 9.17) is 0 Å². The van der Waals surface area contributed by atoms with E-state index in [0.29, 0.717) is 0 Å². The van der Waals surface area contributed by atoms with Crippen molar-refractivity contribution in [3.8, 4) is 0 Å². The van der Waals surface area contributed by atoms with Crippen molar-refractivity contribution in [2.45, 2.75) is 51.6 Å². The Balaban J connectivity index is 1.62. The average molecular weight is 230 g/mol. The van der Waals surface area contributed by atoms with E-state index in [-0.39, 0.29) is 0 Å². The molecule has 1 spiro atoms. The normalized spacial score (nSPS) is 31.1. The number of nitrogens with one attached hydrogen (secondary N) is 1. The first-order chi connectivity index (χ1) is 8.30. The van der Waals surface area contributed by atoms with Crippen molar-refractivity contribution in [1.82, 2.24) is 0 Å². The van der Waals surface area contributed by atoms with Crippen molar-refractivity contribution in [3.05, 3.63) is 35.9 Å². The van der Waals surface area contributed by atoms with Crippen molar-refractivity contribution in [2.24, 2.45) is 5.41 Å². The third-order valence-electron chi connectivity index (χ3n) is 5.23. The zero-order valence-corrected chi connectivity index (χ0v) is 10.9. The Hall–Kier alpha value is -0.820. The summed E-state index contributed by atoms with van der Waals surface area (Å²) in [5.41, 5.74) is 2.22. The molecule has 0 aromatic heterocycles. The minimum Gasteiger partial charge on any atom is -0.328 e. The Morgan fingerprint density at radius 1 is 1.12 bits per heavy atom. The lowest BCUT2D eigenvalue weighted by Gasteiger charge is -2.54. The van der Waals surface area contributed by atoms with Crippen LogP contribution in [0.5, 0.6) is 0 Å². The second-order valence-corrected chi connectivity index (χ2v) is 6.14. The van der Waals surface area contributed by atoms with Gasteiger partial charge in [-0.25, -0.2) is 0 Å². The Morgan fingerprint density at radius 3 is 2.47 bits per heavy atom. The van der Waals surface area contributed by atoms with Crippen LogP contribution in [-0.4, -0.2) is 12.6 Å². The molecule has 2 fully saturated rings. The van der Waals surface area contributed by atoms with Gasteiger partial charge in [-0.15, -0.1) is 0 Å². The lowest BCUT2D eigenvalue weighted by atomic mass is 9.63. The number of likely N-dealkylation sites (tertiary alicyclic amines) is 1. The van der Waals surface area contributed by atoms with Gasteiger partial charge in [0.25, 0.3) is 0 Å². The van der Waals surface area contributed by atoms with Crippen molar-refractivity contribution >= 4 is 0 Å². The average Bonchev–Trinajstić information content (AvgIpc) is 2.40. The lowest BCUT2D eigenvalue weighted by molar-refractivity contribution is -1.00. The molecular formula is C16H24N+. The van der Waals surface area contributed by atoms with E-state index in [1.54, 1.807) is 4.90 Å². The van der Waals surface area contributed by atoms with Crippen molar-refractivity contribution < 1.29 is 4.90 Å². The molecule has 0 amide bonds. The van der Waals surface area contributed by atoms with Gasteiger partial charge in [0.15, 0.2) is 0 Å². The summed E-state index contributed by atoms with van der Waals surface area (Å²) in [5, 5.41) is 0. The van der Waals surface area contributed by atoms with E-state index in [1.807, 2.05) is 0 Å². The van der Waals surface area contributed by atoms with Gasteiger partial charge in [0.1, 0.15) is 6.54 Å². The van der Waals surface area contributed by atoms with Gasteiger partial charge < -0.3 is 4.90 Å². The van der Waals surface area contributed by atoms with E-state index in [0.717, 1.165) is 11.5 Å². The maximum Gasteiger partial charge on any atom is 0.103 e. The van der Waals surface area contributed by atoms with Crippen LogP contribution >= 0.6 is 0 Å². The summed E-state index contributed by atoms with van der Waals surface area (Å²) >= 11 is 0. The summed E-state index contributed by atoms with van der Waals surface area (Å²) in [7, 11) is 0. The maximum absolute atomic E-state index is 2.48. The molecule has 92 valence electrons. The molecule has 1 heteroatoms. The molecule has 1 heterocycles. The lowest BCUT2D eigenvalue weighted by Crippen LogP contribution is -3.25. The number of quaternary nitrogens is 1. The number of rotatable bonds is 2. The quantitative estimate of drug-likeness (QED) is 0.796. The highest BCUT2D eigenvalue weighted by Gasteiger charge is 2.54. The van der Waals surface area contributed by atoms with Gasteiger partial charge in [0, 0.05) is 5.56 Å². The molecular weight excluding hydrogens is 206 g/mol. The van der Waals surface area contributed by atoms with Crippen LogP contribution in [0.3, 0.4) is 0 Å². The van der Waals surface area contributed by atoms with Crippen LogP contribution in [0, 0.1) is 5.41 Å². The standard InChI is InChI=1S/C16H23N/c1-14-16(10-6-3-7-11-16)13-17(14)12-15-8-4-2-5-9-15/h2,4-5,8-9,14H,3,6-7,10-13H2,1H3/p+1/t14-/m1/s1. The Kier molecular flexibility index (Phi) is 2.96. The molecule has 1 unspecified atom stereocenters. The first-order valence-electron chi connectivity index (χ1n) is 7.19. The number of hydrogen-bond donors (Lipinski definition) is 1. The minimum atomic E-state index is 0.725. The summed E-state index contributed by atoms with van der Waals surface area (Å²) in [4.78, 5) is 1.80. The molecule has 2 atom stereocenters. The van der Waals surface area contributed by atoms with E-state index >= 15 is 0 Å². The van der Waals surface area contributed by atoms with Gasteiger partial charge in [0.05, 0.1) is 18.0 Å². The SMILES string of the molecule is C[C@H]1[NH+](Cc2ccccc2)CC12CCCCC2. The molecule has 1 saturated carbocycles. The zero-order valence-electron chi connectivity index (χ0n) is 10.9. The van der Waals surface area contributed by atoms with Gasteiger partial charge in [0.2, 0.25) is 0 Å². The largest absolute Gasteiger partial charge is 0.328 e. The van der Waals surface area contributed by atoms with Crippen LogP contribution < -0.4 is 4.90 Å². The predicted molar refractivity (Wildman–Crippen MR) is 71.0 cm³/mol. The highest BCUT2D eigenvalue weighted by atomic mass is 15.2. The minimum absolute atomic E-state index is 0.725. The van der Waals surface area contributed by atoms with Crippen molar-refractivity contribution in [2.75, 3.05) is 6.54 Å². The van der Waals surface area contributed by atoms with Crippen LogP contribution in [0.25, 0.3) is 0 Å². The van der Waals surface area contributed by atoms with Gasteiger partial charge in [-0.3, -0.25) is 0 Å². The second-order valence-electron chi connectivity index (χ2n) is 6.14. The molecule has 0 radical (unpaired) electrons. The van der Waals surface area contributed by atoms with Gasteiger partial charge in [-0.1, -0.05) is 49.6 Å². The van der Waals surface area contributed by atoms with Crippen molar-refractivity contribution in [3.63, 3.8) is 0 Å². The summed E-state index contributed by atoms with van der Waals surface area (Å²) in [6, 6.07) is 11.9. The summed E-state index contributed by atoms with van der Waals surface area (Å²) in [6.45, 7) is 5.12. The predicted octanol–water partition coefficient (Wildman–Crippen LogP) is 2.42. The van der Waals surface area contributed by atoms with Crippen LogP contribution in [0.1, 0.15) is 44.6 Å². The first kappa shape index (κ1) is 11.3. The second kappa shape index (κ2) is 4.45. The molecule has 1 nitrogen and oxygen atoms in total. The smallest absolute Gasteiger partial charge is 0.103 e. The Labute approximate surface area is 105 Å². The van der Waals surface area contributed by atoms with E-state index in [9.17, 15) is 0 Å². The molecule has 2 aliphatic rings. The molecule has 1 N–H and O–H groups in total. The third-order valence-corrected chi connectivity index (χ3v) is 5.23. The maximum atomic E-state index is 2.48. The van der Waals surface area contributed by atoms with Crippen LogP contribution in [0.15, 0.2) is 30.3 Å². The molecule has 3 rings (SSSR count). The Morgan fingerprint density at radius 2 is 1.82 bits per heavy atom. The summed E-state index contributed by atoms with van der Waals surface area (Å²) in [6.07, 6.45) is 7.41. The van der Waals surface area contributed by atoms with Crippen LogP contribution in [-0.2, 0) is 6.54 Å². The highest BCUT2D eigenvalue weighted by Crippen LogP contribution is 2.41. The number of hydrogen-bond acceptors (Lipinski definition) is 0. The third kappa shape index (κ3) is 2.01. The summed E-state index contributed by atoms with van der Waals surface area (Å²) in [5.74, 6) is 0. The number of benzene rings is 1. The fraction of sp³-hybridized carbons (Fsp3) is 0.625. The van der Waals surface area contributed by atoms with Gasteiger partial charge in [-0.2, -0.15) is 0 Å².